The number of carbonyl (C=O) groups is 2. The summed E-state index contributed by atoms with van der Waals surface area (Å²) in [6.45, 7) is 11.1. The second-order valence-electron chi connectivity index (χ2n) is 9.90. The minimum atomic E-state index is -0.404. The molecule has 3 aromatic rings. The van der Waals surface area contributed by atoms with Crippen molar-refractivity contribution in [3.05, 3.63) is 53.3 Å². The number of aromatic nitrogens is 3. The normalized spacial score (nSPS) is 19.0. The molecule has 2 aliphatic heterocycles. The highest BCUT2D eigenvalue weighted by molar-refractivity contribution is 5.79. The predicted octanol–water partition coefficient (Wildman–Crippen LogP) is 3.33. The first kappa shape index (κ1) is 24.1. The van der Waals surface area contributed by atoms with E-state index in [0.717, 1.165) is 39.8 Å². The number of hydrogen-bond acceptors (Lipinski definition) is 8. The van der Waals surface area contributed by atoms with E-state index in [2.05, 4.69) is 53.0 Å². The molecule has 1 aromatic carbocycles. The summed E-state index contributed by atoms with van der Waals surface area (Å²) in [6.07, 6.45) is 2.88. The number of anilines is 2. The molecule has 36 heavy (non-hydrogen) atoms. The van der Waals surface area contributed by atoms with Crippen molar-refractivity contribution in [1.29, 1.82) is 0 Å². The minimum absolute atomic E-state index is 0.0497. The quantitative estimate of drug-likeness (QED) is 0.529. The summed E-state index contributed by atoms with van der Waals surface area (Å²) in [7, 11) is 0. The van der Waals surface area contributed by atoms with Crippen LogP contribution < -0.4 is 10.2 Å². The fourth-order valence-corrected chi connectivity index (χ4v) is 5.07. The van der Waals surface area contributed by atoms with Crippen molar-refractivity contribution in [3.8, 4) is 0 Å². The topological polar surface area (TPSA) is 94.6 Å². The molecule has 1 N–H and O–H groups in total. The van der Waals surface area contributed by atoms with Gasteiger partial charge in [0.2, 0.25) is 11.9 Å². The van der Waals surface area contributed by atoms with Gasteiger partial charge < -0.3 is 19.9 Å². The fourth-order valence-electron chi connectivity index (χ4n) is 5.07. The Labute approximate surface area is 211 Å². The molecule has 2 aromatic heterocycles. The Bertz CT molecular complexity index is 1290. The van der Waals surface area contributed by atoms with Crippen LogP contribution in [0.2, 0.25) is 0 Å². The number of rotatable bonds is 6. The van der Waals surface area contributed by atoms with Gasteiger partial charge >= 0.3 is 0 Å². The van der Waals surface area contributed by atoms with Gasteiger partial charge in [-0.15, -0.1) is 0 Å². The lowest BCUT2D eigenvalue weighted by atomic mass is 10.1. The van der Waals surface area contributed by atoms with Crippen molar-refractivity contribution in [3.63, 3.8) is 0 Å². The fraction of sp³-hybridized carbons (Fsp3) is 0.444. The molecule has 1 amide bonds. The Balaban J connectivity index is 1.49. The van der Waals surface area contributed by atoms with Crippen molar-refractivity contribution in [2.75, 3.05) is 36.4 Å². The molecule has 0 saturated carbocycles. The zero-order valence-corrected chi connectivity index (χ0v) is 21.3. The van der Waals surface area contributed by atoms with Crippen LogP contribution in [0.15, 0.2) is 36.5 Å². The first-order valence-corrected chi connectivity index (χ1v) is 12.6. The van der Waals surface area contributed by atoms with Gasteiger partial charge in [0.15, 0.2) is 0 Å². The molecule has 0 aliphatic carbocycles. The number of piperazine rings is 1. The molecule has 1 fully saturated rings. The van der Waals surface area contributed by atoms with Crippen LogP contribution in [0.3, 0.4) is 0 Å². The number of nitrogens with zero attached hydrogens (tertiary/aromatic N) is 6. The average molecular weight is 488 g/mol. The van der Waals surface area contributed by atoms with E-state index in [4.69, 9.17) is 9.97 Å². The van der Waals surface area contributed by atoms with Gasteiger partial charge in [0, 0.05) is 62.8 Å². The van der Waals surface area contributed by atoms with Gasteiger partial charge in [-0.25, -0.2) is 4.98 Å². The number of pyridine rings is 1. The van der Waals surface area contributed by atoms with Crippen LogP contribution in [-0.4, -0.2) is 69.2 Å². The Morgan fingerprint density at radius 2 is 1.86 bits per heavy atom. The molecule has 9 nitrogen and oxygen atoms in total. The molecule has 5 rings (SSSR count). The molecule has 4 heterocycles. The van der Waals surface area contributed by atoms with Gasteiger partial charge in [0.05, 0.1) is 17.3 Å². The molecule has 0 radical (unpaired) electrons. The minimum Gasteiger partial charge on any atom is -0.363 e. The lowest BCUT2D eigenvalue weighted by molar-refractivity contribution is -0.129. The zero-order valence-electron chi connectivity index (χ0n) is 21.3. The van der Waals surface area contributed by atoms with Crippen molar-refractivity contribution in [2.45, 2.75) is 52.4 Å². The van der Waals surface area contributed by atoms with Crippen molar-refractivity contribution in [1.82, 2.24) is 24.8 Å². The van der Waals surface area contributed by atoms with E-state index in [-0.39, 0.29) is 18.0 Å². The van der Waals surface area contributed by atoms with E-state index in [1.165, 1.54) is 0 Å². The summed E-state index contributed by atoms with van der Waals surface area (Å²) in [6, 6.07) is 9.96. The number of para-hydroxylation sites is 1. The smallest absolute Gasteiger partial charge is 0.227 e. The van der Waals surface area contributed by atoms with Crippen molar-refractivity contribution < 1.29 is 9.59 Å². The molecule has 2 atom stereocenters. The molecular weight excluding hydrogens is 454 g/mol. The Morgan fingerprint density at radius 1 is 1.11 bits per heavy atom. The van der Waals surface area contributed by atoms with E-state index >= 15 is 0 Å². The molecule has 0 spiro atoms. The standard InChI is InChI=1S/C27H33N7O2/c1-17(2)34-15-22-25(24(34)16-35)30-27(33-11-9-32(10-12-33)19(4)36)31-26(22)29-18(3)21-13-20-7-5-6-8-23(20)28-14-21/h5-8,13-14,16-18,24H,9-12,15H2,1-4H3,(H,29,30,31)/t18?,24-/m0/s1. The van der Waals surface area contributed by atoms with E-state index in [1.54, 1.807) is 6.92 Å². The van der Waals surface area contributed by atoms with Crippen LogP contribution >= 0.6 is 0 Å². The maximum atomic E-state index is 12.2. The summed E-state index contributed by atoms with van der Waals surface area (Å²) >= 11 is 0. The highest BCUT2D eigenvalue weighted by atomic mass is 16.2. The van der Waals surface area contributed by atoms with Gasteiger partial charge in [-0.2, -0.15) is 4.98 Å². The average Bonchev–Trinajstić information content (AvgIpc) is 3.27. The van der Waals surface area contributed by atoms with E-state index in [1.807, 2.05) is 29.3 Å². The van der Waals surface area contributed by atoms with Crippen LogP contribution in [0.4, 0.5) is 11.8 Å². The largest absolute Gasteiger partial charge is 0.363 e. The maximum absolute atomic E-state index is 12.2. The van der Waals surface area contributed by atoms with Gasteiger partial charge in [0.1, 0.15) is 18.1 Å². The lowest BCUT2D eigenvalue weighted by Gasteiger charge is -2.34. The summed E-state index contributed by atoms with van der Waals surface area (Å²) in [5.41, 5.74) is 3.75. The van der Waals surface area contributed by atoms with Gasteiger partial charge in [-0.05, 0) is 38.5 Å². The Kier molecular flexibility index (Phi) is 6.57. The van der Waals surface area contributed by atoms with Crippen LogP contribution in [0.25, 0.3) is 10.9 Å². The van der Waals surface area contributed by atoms with Crippen molar-refractivity contribution >= 4 is 34.9 Å². The summed E-state index contributed by atoms with van der Waals surface area (Å²) in [5, 5.41) is 4.70. The second kappa shape index (κ2) is 9.81. The van der Waals surface area contributed by atoms with Crippen LogP contribution in [0, 0.1) is 0 Å². The summed E-state index contributed by atoms with van der Waals surface area (Å²) in [4.78, 5) is 44.5. The molecule has 1 unspecified atom stereocenters. The number of nitrogens with one attached hydrogen (secondary N) is 1. The molecule has 188 valence electrons. The van der Waals surface area contributed by atoms with Crippen molar-refractivity contribution in [2.24, 2.45) is 0 Å². The van der Waals surface area contributed by atoms with Gasteiger partial charge in [-0.3, -0.25) is 14.7 Å². The highest BCUT2D eigenvalue weighted by Gasteiger charge is 2.37. The monoisotopic (exact) mass is 487 g/mol. The van der Waals surface area contributed by atoms with E-state index in [0.29, 0.717) is 38.7 Å². The molecule has 0 bridgehead atoms. The summed E-state index contributed by atoms with van der Waals surface area (Å²) < 4.78 is 0. The Hall–Kier alpha value is -3.59. The number of amides is 1. The molecular formula is C27H33N7O2. The lowest BCUT2D eigenvalue weighted by Crippen LogP contribution is -2.48. The van der Waals surface area contributed by atoms with Gasteiger partial charge in [0.25, 0.3) is 0 Å². The number of fused-ring (bicyclic) bond motifs is 2. The third-order valence-electron chi connectivity index (χ3n) is 7.27. The molecule has 9 heteroatoms. The summed E-state index contributed by atoms with van der Waals surface area (Å²) in [5.74, 6) is 1.43. The third-order valence-corrected chi connectivity index (χ3v) is 7.27. The SMILES string of the molecule is CC(=O)N1CCN(c2nc(NC(C)c3cnc4ccccc4c3)c3c(n2)[C@H](C=O)N(C(C)C)C3)CC1. The molecule has 1 saturated heterocycles. The molecule has 2 aliphatic rings. The number of hydrogen-bond donors (Lipinski definition) is 1. The third kappa shape index (κ3) is 4.51. The first-order valence-electron chi connectivity index (χ1n) is 12.6. The maximum Gasteiger partial charge on any atom is 0.227 e. The zero-order chi connectivity index (χ0) is 25.4. The van der Waals surface area contributed by atoms with E-state index in [9.17, 15) is 9.59 Å². The van der Waals surface area contributed by atoms with E-state index < -0.39 is 6.04 Å². The van der Waals surface area contributed by atoms with Crippen LogP contribution in [0.1, 0.15) is 56.6 Å². The predicted molar refractivity (Wildman–Crippen MR) is 140 cm³/mol. The number of carbonyl (C=O) groups excluding carboxylic acids is 2. The Morgan fingerprint density at radius 3 is 2.56 bits per heavy atom. The number of aldehydes is 1. The van der Waals surface area contributed by atoms with Gasteiger partial charge in [-0.1, -0.05) is 18.2 Å². The second-order valence-corrected chi connectivity index (χ2v) is 9.90. The highest BCUT2D eigenvalue weighted by Crippen LogP contribution is 2.38. The van der Waals surface area contributed by atoms with Crippen LogP contribution in [-0.2, 0) is 16.1 Å². The van der Waals surface area contributed by atoms with Crippen LogP contribution in [0.5, 0.6) is 0 Å². The first-order chi connectivity index (χ1) is 17.4. The number of benzene rings is 1.